The van der Waals surface area contributed by atoms with Crippen molar-refractivity contribution in [3.05, 3.63) is 65.4 Å². The number of ether oxygens (including phenoxy) is 2. The first-order valence-electron chi connectivity index (χ1n) is 10.5. The number of amides is 2. The average molecular weight is 421 g/mol. The van der Waals surface area contributed by atoms with Crippen molar-refractivity contribution in [1.82, 2.24) is 10.6 Å². The highest BCUT2D eigenvalue weighted by Gasteiger charge is 2.31. The molecule has 7 nitrogen and oxygen atoms in total. The van der Waals surface area contributed by atoms with Gasteiger partial charge in [-0.25, -0.2) is 4.79 Å². The molecule has 0 bridgehead atoms. The second-order valence-electron chi connectivity index (χ2n) is 7.68. The molecule has 1 saturated heterocycles. The summed E-state index contributed by atoms with van der Waals surface area (Å²) in [5, 5.41) is 5.44. The Balaban J connectivity index is 1.62. The summed E-state index contributed by atoms with van der Waals surface area (Å²) in [4.78, 5) is 27.8. The molecule has 4 rings (SSSR count). The summed E-state index contributed by atoms with van der Waals surface area (Å²) in [6.45, 7) is 2.10. The molecule has 2 heterocycles. The van der Waals surface area contributed by atoms with Crippen molar-refractivity contribution in [3.8, 4) is 11.5 Å². The summed E-state index contributed by atoms with van der Waals surface area (Å²) >= 11 is 0. The molecule has 0 spiro atoms. The molecule has 0 radical (unpaired) electrons. The Morgan fingerprint density at radius 1 is 1.00 bits per heavy atom. The molecule has 0 saturated carbocycles. The highest BCUT2D eigenvalue weighted by Crippen LogP contribution is 2.35. The number of carbonyl (C=O) groups excluding carboxylic acids is 2. The smallest absolute Gasteiger partial charge is 0.319 e. The topological polar surface area (TPSA) is 79.9 Å². The van der Waals surface area contributed by atoms with E-state index in [2.05, 4.69) is 15.5 Å². The monoisotopic (exact) mass is 421 g/mol. The van der Waals surface area contributed by atoms with Crippen LogP contribution in [0.15, 0.2) is 54.2 Å². The molecule has 2 aliphatic heterocycles. The van der Waals surface area contributed by atoms with Gasteiger partial charge in [-0.05, 0) is 55.7 Å². The molecule has 7 heteroatoms. The number of Topliss-reactive ketones (excluding diaryl/α,β-unsaturated/α-hetero) is 1. The van der Waals surface area contributed by atoms with E-state index in [1.54, 1.807) is 32.4 Å². The maximum Gasteiger partial charge on any atom is 0.319 e. The third-order valence-corrected chi connectivity index (χ3v) is 5.81. The van der Waals surface area contributed by atoms with Crippen LogP contribution in [0, 0.1) is 0 Å². The zero-order valence-corrected chi connectivity index (χ0v) is 17.8. The largest absolute Gasteiger partial charge is 0.497 e. The molecule has 1 fully saturated rings. The van der Waals surface area contributed by atoms with Crippen LogP contribution in [-0.4, -0.2) is 39.1 Å². The normalized spacial score (nSPS) is 18.5. The fourth-order valence-electron chi connectivity index (χ4n) is 4.12. The highest BCUT2D eigenvalue weighted by molar-refractivity contribution is 6.10. The van der Waals surface area contributed by atoms with E-state index >= 15 is 0 Å². The van der Waals surface area contributed by atoms with Crippen LogP contribution in [0.5, 0.6) is 11.5 Å². The predicted octanol–water partition coefficient (Wildman–Crippen LogP) is 3.81. The zero-order chi connectivity index (χ0) is 21.8. The van der Waals surface area contributed by atoms with Crippen molar-refractivity contribution in [3.63, 3.8) is 0 Å². The number of rotatable bonds is 6. The molecule has 31 heavy (non-hydrogen) atoms. The summed E-state index contributed by atoms with van der Waals surface area (Å²) in [7, 11) is 3.12. The van der Waals surface area contributed by atoms with Crippen LogP contribution in [0.4, 0.5) is 10.5 Å². The summed E-state index contributed by atoms with van der Waals surface area (Å²) in [5.41, 5.74) is 2.83. The van der Waals surface area contributed by atoms with Gasteiger partial charge < -0.3 is 25.0 Å². The van der Waals surface area contributed by atoms with Gasteiger partial charge in [-0.2, -0.15) is 0 Å². The van der Waals surface area contributed by atoms with Gasteiger partial charge in [-0.3, -0.25) is 4.79 Å². The molecule has 2 aliphatic rings. The van der Waals surface area contributed by atoms with Gasteiger partial charge in [0.25, 0.3) is 0 Å². The number of hydrogen-bond donors (Lipinski definition) is 2. The van der Waals surface area contributed by atoms with Crippen LogP contribution in [-0.2, 0) is 0 Å². The highest BCUT2D eigenvalue weighted by atomic mass is 16.5. The van der Waals surface area contributed by atoms with Gasteiger partial charge in [-0.1, -0.05) is 0 Å². The van der Waals surface area contributed by atoms with Gasteiger partial charge in [0.1, 0.15) is 11.5 Å². The fourth-order valence-corrected chi connectivity index (χ4v) is 4.12. The number of nitrogens with zero attached hydrogens (tertiary/aromatic N) is 1. The van der Waals surface area contributed by atoms with Crippen LogP contribution in [0.3, 0.4) is 0 Å². The Bertz CT molecular complexity index is 994. The number of nitrogens with one attached hydrogen (secondary N) is 2. The molecular formula is C24H27N3O4. The minimum absolute atomic E-state index is 0.152. The Hall–Kier alpha value is -3.48. The van der Waals surface area contributed by atoms with Crippen molar-refractivity contribution in [2.45, 2.75) is 25.3 Å². The van der Waals surface area contributed by atoms with E-state index < -0.39 is 6.04 Å². The van der Waals surface area contributed by atoms with Gasteiger partial charge in [0, 0.05) is 47.7 Å². The number of anilines is 1. The molecule has 2 aromatic rings. The second kappa shape index (κ2) is 9.12. The third-order valence-electron chi connectivity index (χ3n) is 5.81. The molecular weight excluding hydrogens is 394 g/mol. The predicted molar refractivity (Wildman–Crippen MR) is 119 cm³/mol. The fraction of sp³-hybridized carbons (Fsp3) is 0.333. The van der Waals surface area contributed by atoms with E-state index in [0.29, 0.717) is 28.2 Å². The number of benzene rings is 2. The van der Waals surface area contributed by atoms with Crippen LogP contribution >= 0.6 is 0 Å². The van der Waals surface area contributed by atoms with E-state index in [4.69, 9.17) is 9.47 Å². The van der Waals surface area contributed by atoms with E-state index in [1.807, 2.05) is 24.3 Å². The number of urea groups is 1. The lowest BCUT2D eigenvalue weighted by molar-refractivity contribution is 0.102. The molecule has 162 valence electrons. The van der Waals surface area contributed by atoms with Gasteiger partial charge >= 0.3 is 6.03 Å². The first kappa shape index (κ1) is 20.8. The van der Waals surface area contributed by atoms with Gasteiger partial charge in [0.2, 0.25) is 0 Å². The Morgan fingerprint density at radius 2 is 1.74 bits per heavy atom. The van der Waals surface area contributed by atoms with E-state index in [1.165, 1.54) is 25.5 Å². The first-order chi connectivity index (χ1) is 15.1. The molecule has 2 N–H and O–H groups in total. The first-order valence-corrected chi connectivity index (χ1v) is 10.5. The van der Waals surface area contributed by atoms with Crippen molar-refractivity contribution in [1.29, 1.82) is 0 Å². The summed E-state index contributed by atoms with van der Waals surface area (Å²) in [6, 6.07) is 12.0. The van der Waals surface area contributed by atoms with Crippen molar-refractivity contribution in [2.75, 3.05) is 32.2 Å². The average Bonchev–Trinajstić information content (AvgIpc) is 2.83. The molecule has 1 unspecified atom stereocenters. The molecule has 1 atom stereocenters. The number of hydrogen-bond acceptors (Lipinski definition) is 5. The molecule has 2 amide bonds. The lowest BCUT2D eigenvalue weighted by Gasteiger charge is -2.29. The van der Waals surface area contributed by atoms with E-state index in [9.17, 15) is 9.59 Å². The third kappa shape index (κ3) is 4.35. The van der Waals surface area contributed by atoms with Crippen molar-refractivity contribution < 1.29 is 19.1 Å². The number of methoxy groups -OCH3 is 2. The van der Waals surface area contributed by atoms with Crippen molar-refractivity contribution in [2.24, 2.45) is 0 Å². The second-order valence-corrected chi connectivity index (χ2v) is 7.68. The Morgan fingerprint density at radius 3 is 2.42 bits per heavy atom. The van der Waals surface area contributed by atoms with Crippen LogP contribution in [0.25, 0.3) is 0 Å². The number of ketones is 1. The van der Waals surface area contributed by atoms with Crippen LogP contribution in [0.2, 0.25) is 0 Å². The zero-order valence-electron chi connectivity index (χ0n) is 17.8. The minimum Gasteiger partial charge on any atom is -0.497 e. The van der Waals surface area contributed by atoms with Crippen LogP contribution < -0.4 is 25.0 Å². The summed E-state index contributed by atoms with van der Waals surface area (Å²) < 4.78 is 10.8. The molecule has 2 aromatic carbocycles. The van der Waals surface area contributed by atoms with Crippen molar-refractivity contribution >= 4 is 17.5 Å². The lowest BCUT2D eigenvalue weighted by Crippen LogP contribution is -2.42. The van der Waals surface area contributed by atoms with Gasteiger partial charge in [0.15, 0.2) is 5.78 Å². The van der Waals surface area contributed by atoms with E-state index in [-0.39, 0.29) is 11.8 Å². The molecule has 0 aromatic heterocycles. The number of carbonyl (C=O) groups is 2. The standard InChI is InChI=1S/C24H27N3O4/c1-30-18-10-11-19(21(14-18)31-2)22-20(15-25-24(29)26-22)23(28)16-6-8-17(9-7-16)27-12-4-3-5-13-27/h6-11,14-15,22H,3-5,12-13H2,1-2H3,(H2,25,26,29). The van der Waals surface area contributed by atoms with Gasteiger partial charge in [-0.15, -0.1) is 0 Å². The quantitative estimate of drug-likeness (QED) is 0.694. The minimum atomic E-state index is -0.635. The Kier molecular flexibility index (Phi) is 6.11. The van der Waals surface area contributed by atoms with E-state index in [0.717, 1.165) is 18.8 Å². The number of piperidine rings is 1. The summed E-state index contributed by atoms with van der Waals surface area (Å²) in [6.07, 6.45) is 5.15. The molecule has 0 aliphatic carbocycles. The van der Waals surface area contributed by atoms with Crippen LogP contribution in [0.1, 0.15) is 41.2 Å². The summed E-state index contributed by atoms with van der Waals surface area (Å²) in [5.74, 6) is 1.01. The van der Waals surface area contributed by atoms with Gasteiger partial charge in [0.05, 0.1) is 20.3 Å². The maximum absolute atomic E-state index is 13.4. The Labute approximate surface area is 182 Å². The lowest BCUT2D eigenvalue weighted by atomic mass is 9.91. The SMILES string of the molecule is COc1ccc(C2NC(=O)NC=C2C(=O)c2ccc(N3CCCCC3)cc2)c(OC)c1. The maximum atomic E-state index is 13.4.